The summed E-state index contributed by atoms with van der Waals surface area (Å²) in [6.07, 6.45) is 4.01. The number of benzene rings is 1. The van der Waals surface area contributed by atoms with E-state index in [1.54, 1.807) is 13.0 Å². The van der Waals surface area contributed by atoms with Crippen molar-refractivity contribution in [3.63, 3.8) is 0 Å². The first-order chi connectivity index (χ1) is 12.1. The quantitative estimate of drug-likeness (QED) is 0.809. The molecule has 1 amide bonds. The minimum absolute atomic E-state index is 0.00790. The molecule has 5 nitrogen and oxygen atoms in total. The van der Waals surface area contributed by atoms with Crippen molar-refractivity contribution in [1.29, 1.82) is 0 Å². The van der Waals surface area contributed by atoms with Crippen molar-refractivity contribution in [2.24, 2.45) is 0 Å². The van der Waals surface area contributed by atoms with Gasteiger partial charge < -0.3 is 14.2 Å². The number of piperidine rings is 1. The van der Waals surface area contributed by atoms with Crippen LogP contribution in [0.5, 0.6) is 0 Å². The first-order valence-corrected chi connectivity index (χ1v) is 9.12. The average molecular weight is 361 g/mol. The van der Waals surface area contributed by atoms with Gasteiger partial charge in [-0.15, -0.1) is 0 Å². The molecule has 2 fully saturated rings. The Labute approximate surface area is 151 Å². The third-order valence-corrected chi connectivity index (χ3v) is 5.68. The van der Waals surface area contributed by atoms with E-state index in [2.05, 4.69) is 5.16 Å². The summed E-state index contributed by atoms with van der Waals surface area (Å²) >= 11 is 6.29. The molecule has 25 heavy (non-hydrogen) atoms. The van der Waals surface area contributed by atoms with Crippen molar-refractivity contribution in [2.45, 2.75) is 38.2 Å². The molecule has 1 aromatic heterocycles. The van der Waals surface area contributed by atoms with Crippen LogP contribution in [-0.2, 0) is 4.74 Å². The van der Waals surface area contributed by atoms with Gasteiger partial charge in [0.05, 0.1) is 10.6 Å². The first kappa shape index (κ1) is 16.6. The van der Waals surface area contributed by atoms with E-state index in [4.69, 9.17) is 20.9 Å². The Bertz CT molecular complexity index is 786. The van der Waals surface area contributed by atoms with Gasteiger partial charge in [0.1, 0.15) is 17.0 Å². The minimum Gasteiger partial charge on any atom is -0.375 e. The third kappa shape index (κ3) is 2.96. The number of aromatic nitrogens is 1. The van der Waals surface area contributed by atoms with Crippen molar-refractivity contribution in [3.8, 4) is 11.3 Å². The summed E-state index contributed by atoms with van der Waals surface area (Å²) < 4.78 is 11.3. The molecule has 2 aromatic rings. The maximum Gasteiger partial charge on any atom is 0.259 e. The zero-order chi connectivity index (χ0) is 17.4. The van der Waals surface area contributed by atoms with Crippen molar-refractivity contribution in [2.75, 3.05) is 19.7 Å². The molecule has 2 aliphatic heterocycles. The monoisotopic (exact) mass is 360 g/mol. The fourth-order valence-electron chi connectivity index (χ4n) is 3.89. The zero-order valence-electron chi connectivity index (χ0n) is 14.3. The van der Waals surface area contributed by atoms with Crippen molar-refractivity contribution >= 4 is 17.5 Å². The molecule has 0 aliphatic carbocycles. The van der Waals surface area contributed by atoms with Crippen LogP contribution in [0.2, 0.25) is 5.02 Å². The predicted octanol–water partition coefficient (Wildman–Crippen LogP) is 4.09. The normalized spacial score (nSPS) is 19.5. The summed E-state index contributed by atoms with van der Waals surface area (Å²) in [5.41, 5.74) is 1.74. The van der Waals surface area contributed by atoms with Crippen LogP contribution in [0.1, 0.15) is 41.8 Å². The number of rotatable bonds is 2. The lowest BCUT2D eigenvalue weighted by Gasteiger charge is -2.38. The van der Waals surface area contributed by atoms with Crippen molar-refractivity contribution < 1.29 is 14.1 Å². The van der Waals surface area contributed by atoms with Crippen LogP contribution >= 0.6 is 11.6 Å². The molecule has 0 saturated carbocycles. The lowest BCUT2D eigenvalue weighted by molar-refractivity contribution is -0.0387. The molecular formula is C19H21ClN2O3. The molecular weight excluding hydrogens is 340 g/mol. The Balaban J connectivity index is 1.59. The molecule has 2 saturated heterocycles. The Morgan fingerprint density at radius 3 is 2.68 bits per heavy atom. The summed E-state index contributed by atoms with van der Waals surface area (Å²) in [6.45, 7) is 4.01. The fraction of sp³-hybridized carbons (Fsp3) is 0.474. The summed E-state index contributed by atoms with van der Waals surface area (Å²) in [4.78, 5) is 15.0. The summed E-state index contributed by atoms with van der Waals surface area (Å²) in [6, 6.07) is 7.37. The van der Waals surface area contributed by atoms with Gasteiger partial charge in [0.2, 0.25) is 0 Å². The number of hydrogen-bond acceptors (Lipinski definition) is 4. The van der Waals surface area contributed by atoms with Crippen LogP contribution in [0.4, 0.5) is 0 Å². The highest BCUT2D eigenvalue weighted by molar-refractivity contribution is 6.33. The molecule has 0 atom stereocenters. The van der Waals surface area contributed by atoms with Crippen LogP contribution in [0.3, 0.4) is 0 Å². The van der Waals surface area contributed by atoms with Crippen molar-refractivity contribution in [3.05, 3.63) is 40.6 Å². The molecule has 4 rings (SSSR count). The fourth-order valence-corrected chi connectivity index (χ4v) is 4.11. The number of aryl methyl sites for hydroxylation is 1. The largest absolute Gasteiger partial charge is 0.375 e. The third-order valence-electron chi connectivity index (χ3n) is 5.35. The second-order valence-electron chi connectivity index (χ2n) is 6.87. The predicted molar refractivity (Wildman–Crippen MR) is 94.7 cm³/mol. The molecule has 1 aromatic carbocycles. The molecule has 0 bridgehead atoms. The Morgan fingerprint density at radius 1 is 1.24 bits per heavy atom. The molecule has 3 heterocycles. The van der Waals surface area contributed by atoms with Crippen LogP contribution in [0.25, 0.3) is 11.3 Å². The number of likely N-dealkylation sites (tertiary alicyclic amines) is 1. The number of halogens is 1. The van der Waals surface area contributed by atoms with E-state index in [1.807, 2.05) is 23.1 Å². The van der Waals surface area contributed by atoms with Crippen LogP contribution < -0.4 is 0 Å². The van der Waals surface area contributed by atoms with Gasteiger partial charge in [-0.1, -0.05) is 35.0 Å². The van der Waals surface area contributed by atoms with Gasteiger partial charge in [-0.2, -0.15) is 0 Å². The number of carbonyl (C=O) groups is 1. The molecule has 0 N–H and O–H groups in total. The van der Waals surface area contributed by atoms with E-state index in [0.717, 1.165) is 37.9 Å². The second-order valence-corrected chi connectivity index (χ2v) is 7.28. The maximum atomic E-state index is 13.1. The van der Waals surface area contributed by atoms with Crippen LogP contribution in [-0.4, -0.2) is 41.3 Å². The van der Waals surface area contributed by atoms with Crippen molar-refractivity contribution in [1.82, 2.24) is 10.1 Å². The van der Waals surface area contributed by atoms with E-state index in [-0.39, 0.29) is 11.5 Å². The van der Waals surface area contributed by atoms with E-state index in [9.17, 15) is 4.79 Å². The number of carbonyl (C=O) groups excluding carboxylic acids is 1. The number of amides is 1. The molecule has 2 aliphatic rings. The summed E-state index contributed by atoms with van der Waals surface area (Å²) in [7, 11) is 0. The van der Waals surface area contributed by atoms with Gasteiger partial charge in [0.15, 0.2) is 0 Å². The number of hydrogen-bond donors (Lipinski definition) is 0. The van der Waals surface area contributed by atoms with E-state index in [1.165, 1.54) is 0 Å². The summed E-state index contributed by atoms with van der Waals surface area (Å²) in [5.74, 6) is 0.485. The number of ether oxygens (including phenoxy) is 1. The second kappa shape index (κ2) is 6.46. The highest BCUT2D eigenvalue weighted by Crippen LogP contribution is 2.37. The van der Waals surface area contributed by atoms with Gasteiger partial charge in [0, 0.05) is 25.3 Å². The maximum absolute atomic E-state index is 13.1. The molecule has 1 spiro atoms. The lowest BCUT2D eigenvalue weighted by atomic mass is 9.88. The summed E-state index contributed by atoms with van der Waals surface area (Å²) in [5, 5.41) is 4.66. The smallest absolute Gasteiger partial charge is 0.259 e. The van der Waals surface area contributed by atoms with Crippen LogP contribution in [0.15, 0.2) is 28.8 Å². The zero-order valence-corrected chi connectivity index (χ0v) is 15.0. The SMILES string of the molecule is Cc1onc(-c2ccccc2Cl)c1C(=O)N1CCC2(CCCO2)CC1. The lowest BCUT2D eigenvalue weighted by Crippen LogP contribution is -2.46. The number of nitrogens with zero attached hydrogens (tertiary/aromatic N) is 2. The minimum atomic E-state index is -0.0403. The molecule has 0 unspecified atom stereocenters. The topological polar surface area (TPSA) is 55.6 Å². The first-order valence-electron chi connectivity index (χ1n) is 8.74. The highest BCUT2D eigenvalue weighted by Gasteiger charge is 2.40. The van der Waals surface area contributed by atoms with Gasteiger partial charge in [-0.25, -0.2) is 0 Å². The molecule has 6 heteroatoms. The van der Waals surface area contributed by atoms with Gasteiger partial charge in [-0.05, 0) is 38.7 Å². The van der Waals surface area contributed by atoms with Gasteiger partial charge in [0.25, 0.3) is 5.91 Å². The molecule has 132 valence electrons. The van der Waals surface area contributed by atoms with Crippen LogP contribution in [0, 0.1) is 6.92 Å². The Kier molecular flexibility index (Phi) is 4.29. The van der Waals surface area contributed by atoms with Gasteiger partial charge >= 0.3 is 0 Å². The Morgan fingerprint density at radius 2 is 2.00 bits per heavy atom. The van der Waals surface area contributed by atoms with E-state index >= 15 is 0 Å². The highest BCUT2D eigenvalue weighted by atomic mass is 35.5. The van der Waals surface area contributed by atoms with Gasteiger partial charge in [-0.3, -0.25) is 4.79 Å². The average Bonchev–Trinajstić information content (AvgIpc) is 3.22. The van der Waals surface area contributed by atoms with E-state index < -0.39 is 0 Å². The Hall–Kier alpha value is -1.85. The molecule has 0 radical (unpaired) electrons. The van der Waals surface area contributed by atoms with E-state index in [0.29, 0.717) is 35.1 Å². The standard InChI is InChI=1S/C19H21ClN2O3/c1-13-16(17(21-25-13)14-5-2-3-6-15(14)20)18(23)22-10-8-19(9-11-22)7-4-12-24-19/h2-3,5-6H,4,7-12H2,1H3.